The van der Waals surface area contributed by atoms with Gasteiger partial charge in [0, 0.05) is 24.8 Å². The minimum atomic E-state index is -0.324. The Bertz CT molecular complexity index is 475. The van der Waals surface area contributed by atoms with E-state index in [9.17, 15) is 4.79 Å². The van der Waals surface area contributed by atoms with E-state index in [4.69, 9.17) is 10.5 Å². The molecular weight excluding hydrogens is 266 g/mol. The maximum atomic E-state index is 12.2. The SMILES string of the molecule is CCOC(=O)c1cc(N)ccc1N(CC)C(C)CN(C)C. The van der Waals surface area contributed by atoms with Crippen molar-refractivity contribution >= 4 is 17.3 Å². The molecule has 0 amide bonds. The first kappa shape index (κ1) is 17.3. The number of benzene rings is 1. The molecule has 5 heteroatoms. The Morgan fingerprint density at radius 3 is 2.52 bits per heavy atom. The Balaban J connectivity index is 3.16. The summed E-state index contributed by atoms with van der Waals surface area (Å²) < 4.78 is 5.15. The van der Waals surface area contributed by atoms with E-state index in [1.54, 1.807) is 13.0 Å². The van der Waals surface area contributed by atoms with Crippen LogP contribution in [0.25, 0.3) is 0 Å². The van der Waals surface area contributed by atoms with Gasteiger partial charge in [-0.1, -0.05) is 0 Å². The molecule has 1 aromatic carbocycles. The molecule has 0 bridgehead atoms. The highest BCUT2D eigenvalue weighted by atomic mass is 16.5. The molecular formula is C16H27N3O2. The van der Waals surface area contributed by atoms with Gasteiger partial charge in [-0.3, -0.25) is 0 Å². The lowest BCUT2D eigenvalue weighted by molar-refractivity contribution is 0.0527. The Hall–Kier alpha value is -1.75. The number of hydrogen-bond acceptors (Lipinski definition) is 5. The minimum Gasteiger partial charge on any atom is -0.462 e. The van der Waals surface area contributed by atoms with Crippen LogP contribution in [-0.2, 0) is 4.74 Å². The van der Waals surface area contributed by atoms with Gasteiger partial charge in [0.1, 0.15) is 0 Å². The number of nitrogens with two attached hydrogens (primary N) is 1. The molecule has 1 aromatic rings. The van der Waals surface area contributed by atoms with Crippen LogP contribution in [0.2, 0.25) is 0 Å². The van der Waals surface area contributed by atoms with Crippen molar-refractivity contribution in [2.75, 3.05) is 44.4 Å². The molecule has 5 nitrogen and oxygen atoms in total. The second-order valence-corrected chi connectivity index (χ2v) is 5.39. The second kappa shape index (κ2) is 7.88. The van der Waals surface area contributed by atoms with E-state index >= 15 is 0 Å². The number of hydrogen-bond donors (Lipinski definition) is 1. The number of nitrogens with zero attached hydrogens (tertiary/aromatic N) is 2. The van der Waals surface area contributed by atoms with Gasteiger partial charge in [0.25, 0.3) is 0 Å². The van der Waals surface area contributed by atoms with Crippen LogP contribution in [0.4, 0.5) is 11.4 Å². The van der Waals surface area contributed by atoms with Gasteiger partial charge in [0.05, 0.1) is 17.9 Å². The fourth-order valence-electron chi connectivity index (χ4n) is 2.52. The highest BCUT2D eigenvalue weighted by Crippen LogP contribution is 2.26. The van der Waals surface area contributed by atoms with Crippen LogP contribution in [-0.4, -0.2) is 50.7 Å². The molecule has 0 saturated heterocycles. The van der Waals surface area contributed by atoms with E-state index in [1.807, 2.05) is 26.2 Å². The molecule has 1 rings (SSSR count). The normalized spacial score (nSPS) is 12.3. The summed E-state index contributed by atoms with van der Waals surface area (Å²) in [6.07, 6.45) is 0. The van der Waals surface area contributed by atoms with E-state index in [0.717, 1.165) is 18.8 Å². The lowest BCUT2D eigenvalue weighted by atomic mass is 10.1. The molecule has 0 aliphatic rings. The molecule has 118 valence electrons. The number of nitrogen functional groups attached to an aromatic ring is 1. The highest BCUT2D eigenvalue weighted by Gasteiger charge is 2.21. The number of anilines is 2. The predicted octanol–water partition coefficient (Wildman–Crippen LogP) is 2.22. The van der Waals surface area contributed by atoms with Crippen molar-refractivity contribution in [2.45, 2.75) is 26.8 Å². The molecule has 21 heavy (non-hydrogen) atoms. The van der Waals surface area contributed by atoms with Crippen LogP contribution < -0.4 is 10.6 Å². The maximum Gasteiger partial charge on any atom is 0.340 e. The summed E-state index contributed by atoms with van der Waals surface area (Å²) in [6, 6.07) is 5.69. The first-order valence-corrected chi connectivity index (χ1v) is 7.38. The third kappa shape index (κ3) is 4.63. The zero-order valence-electron chi connectivity index (χ0n) is 13.7. The largest absolute Gasteiger partial charge is 0.462 e. The maximum absolute atomic E-state index is 12.2. The molecule has 1 unspecified atom stereocenters. The van der Waals surface area contributed by atoms with Crippen molar-refractivity contribution in [2.24, 2.45) is 0 Å². The number of carbonyl (C=O) groups is 1. The third-order valence-corrected chi connectivity index (χ3v) is 3.33. The number of rotatable bonds is 7. The van der Waals surface area contributed by atoms with Gasteiger partial charge in [0.15, 0.2) is 0 Å². The van der Waals surface area contributed by atoms with Gasteiger partial charge in [-0.25, -0.2) is 4.79 Å². The lowest BCUT2D eigenvalue weighted by Crippen LogP contribution is -2.40. The standard InChI is InChI=1S/C16H27N3O2/c1-6-19(12(3)11-18(4)5)15-9-8-13(17)10-14(15)16(20)21-7-2/h8-10,12H,6-7,11,17H2,1-5H3. The summed E-state index contributed by atoms with van der Waals surface area (Å²) in [4.78, 5) is 16.5. The van der Waals surface area contributed by atoms with E-state index < -0.39 is 0 Å². The Kier molecular flexibility index (Phi) is 6.49. The van der Waals surface area contributed by atoms with Crippen LogP contribution in [0.5, 0.6) is 0 Å². The summed E-state index contributed by atoms with van der Waals surface area (Å²) in [5.74, 6) is -0.324. The molecule has 0 radical (unpaired) electrons. The molecule has 1 atom stereocenters. The van der Waals surface area contributed by atoms with Crippen LogP contribution in [0, 0.1) is 0 Å². The zero-order chi connectivity index (χ0) is 16.0. The highest BCUT2D eigenvalue weighted by molar-refractivity contribution is 5.97. The molecule has 0 aliphatic carbocycles. The summed E-state index contributed by atoms with van der Waals surface area (Å²) >= 11 is 0. The average molecular weight is 293 g/mol. The fraction of sp³-hybridized carbons (Fsp3) is 0.562. The fourth-order valence-corrected chi connectivity index (χ4v) is 2.52. The zero-order valence-corrected chi connectivity index (χ0v) is 13.7. The first-order valence-electron chi connectivity index (χ1n) is 7.38. The number of likely N-dealkylation sites (N-methyl/N-ethyl adjacent to an activating group) is 2. The van der Waals surface area contributed by atoms with E-state index in [2.05, 4.69) is 23.6 Å². The van der Waals surface area contributed by atoms with Crippen LogP contribution in [0.1, 0.15) is 31.1 Å². The van der Waals surface area contributed by atoms with Crippen LogP contribution in [0.3, 0.4) is 0 Å². The molecule has 0 heterocycles. The molecule has 0 aliphatic heterocycles. The lowest BCUT2D eigenvalue weighted by Gasteiger charge is -2.33. The van der Waals surface area contributed by atoms with Crippen molar-refractivity contribution in [1.29, 1.82) is 0 Å². The van der Waals surface area contributed by atoms with Gasteiger partial charge in [-0.15, -0.1) is 0 Å². The van der Waals surface area contributed by atoms with Crippen LogP contribution in [0.15, 0.2) is 18.2 Å². The van der Waals surface area contributed by atoms with E-state index in [-0.39, 0.29) is 12.0 Å². The average Bonchev–Trinajstić information content (AvgIpc) is 2.40. The monoisotopic (exact) mass is 293 g/mol. The summed E-state index contributed by atoms with van der Waals surface area (Å²) in [7, 11) is 4.08. The molecule has 0 fully saturated rings. The molecule has 0 spiro atoms. The van der Waals surface area contributed by atoms with Gasteiger partial charge in [-0.2, -0.15) is 0 Å². The van der Waals surface area contributed by atoms with Crippen molar-refractivity contribution in [3.05, 3.63) is 23.8 Å². The minimum absolute atomic E-state index is 0.279. The first-order chi connectivity index (χ1) is 9.90. The molecule has 2 N–H and O–H groups in total. The Labute approximate surface area is 127 Å². The van der Waals surface area contributed by atoms with Gasteiger partial charge in [-0.05, 0) is 53.1 Å². The van der Waals surface area contributed by atoms with Gasteiger partial charge < -0.3 is 20.3 Å². The summed E-state index contributed by atoms with van der Waals surface area (Å²) in [6.45, 7) is 8.10. The van der Waals surface area contributed by atoms with Crippen LogP contribution >= 0.6 is 0 Å². The van der Waals surface area contributed by atoms with Crippen molar-refractivity contribution in [3.8, 4) is 0 Å². The van der Waals surface area contributed by atoms with Crippen molar-refractivity contribution in [3.63, 3.8) is 0 Å². The molecule has 0 saturated carbocycles. The molecule has 0 aromatic heterocycles. The van der Waals surface area contributed by atoms with Crippen molar-refractivity contribution in [1.82, 2.24) is 4.90 Å². The van der Waals surface area contributed by atoms with E-state index in [0.29, 0.717) is 17.9 Å². The third-order valence-electron chi connectivity index (χ3n) is 3.33. The van der Waals surface area contributed by atoms with E-state index in [1.165, 1.54) is 0 Å². The van der Waals surface area contributed by atoms with Gasteiger partial charge >= 0.3 is 5.97 Å². The Morgan fingerprint density at radius 1 is 1.33 bits per heavy atom. The second-order valence-electron chi connectivity index (χ2n) is 5.39. The predicted molar refractivity (Wildman–Crippen MR) is 87.8 cm³/mol. The van der Waals surface area contributed by atoms with Crippen molar-refractivity contribution < 1.29 is 9.53 Å². The Morgan fingerprint density at radius 2 is 2.00 bits per heavy atom. The smallest absolute Gasteiger partial charge is 0.340 e. The quantitative estimate of drug-likeness (QED) is 0.617. The number of carbonyl (C=O) groups excluding carboxylic acids is 1. The number of ether oxygens (including phenoxy) is 1. The topological polar surface area (TPSA) is 58.8 Å². The summed E-state index contributed by atoms with van der Waals surface area (Å²) in [5.41, 5.74) is 7.80. The van der Waals surface area contributed by atoms with Gasteiger partial charge in [0.2, 0.25) is 0 Å². The number of esters is 1. The summed E-state index contributed by atoms with van der Waals surface area (Å²) in [5, 5.41) is 0.